The smallest absolute Gasteiger partial charge is 0.309 e. The number of nitrogens with zero attached hydrogens (tertiary/aromatic N) is 5. The number of aliphatic carboxylic acids is 1. The van der Waals surface area contributed by atoms with E-state index in [1.165, 1.54) is 28.0 Å². The second-order valence-electron chi connectivity index (χ2n) is 4.03. The van der Waals surface area contributed by atoms with Crippen LogP contribution in [0.15, 0.2) is 27.0 Å². The molecule has 3 heterocycles. The molecule has 0 aliphatic carbocycles. The predicted molar refractivity (Wildman–Crippen MR) is 79.3 cm³/mol. The summed E-state index contributed by atoms with van der Waals surface area (Å²) in [7, 11) is 0. The summed E-state index contributed by atoms with van der Waals surface area (Å²) in [6, 6.07) is 3.96. The summed E-state index contributed by atoms with van der Waals surface area (Å²) < 4.78 is 2.37. The Kier molecular flexibility index (Phi) is 3.99. The van der Waals surface area contributed by atoms with E-state index < -0.39 is 5.97 Å². The number of rotatable bonds is 5. The molecule has 3 rings (SSSR count). The first-order chi connectivity index (χ1) is 10.1. The molecular weight excluding hydrogens is 330 g/mol. The minimum Gasteiger partial charge on any atom is -0.481 e. The molecule has 3 aromatic heterocycles. The number of carboxylic acid groups (broad SMARTS) is 1. The van der Waals surface area contributed by atoms with Crippen molar-refractivity contribution in [2.75, 3.05) is 0 Å². The highest BCUT2D eigenvalue weighted by molar-refractivity contribution is 8.00. The zero-order valence-corrected chi connectivity index (χ0v) is 13.2. The van der Waals surface area contributed by atoms with Crippen LogP contribution in [0.5, 0.6) is 0 Å². The van der Waals surface area contributed by atoms with Crippen molar-refractivity contribution in [3.63, 3.8) is 0 Å². The second-order valence-corrected chi connectivity index (χ2v) is 7.37. The Bertz CT molecular complexity index is 778. The molecule has 1 N–H and O–H groups in total. The van der Waals surface area contributed by atoms with Gasteiger partial charge in [0.1, 0.15) is 5.00 Å². The molecular formula is C11H9N5O2S3. The lowest BCUT2D eigenvalue weighted by Crippen LogP contribution is -2.00. The number of carbonyl (C=O) groups is 1. The number of thiazole rings is 1. The first kappa shape index (κ1) is 14.2. The number of aromatic nitrogens is 5. The molecule has 0 unspecified atom stereocenters. The Morgan fingerprint density at radius 1 is 1.48 bits per heavy atom. The van der Waals surface area contributed by atoms with Gasteiger partial charge in [0.05, 0.1) is 12.1 Å². The highest BCUT2D eigenvalue weighted by Crippen LogP contribution is 2.31. The molecule has 21 heavy (non-hydrogen) atoms. The Labute approximate surface area is 131 Å². The van der Waals surface area contributed by atoms with E-state index in [1.54, 1.807) is 21.4 Å². The second kappa shape index (κ2) is 5.92. The minimum atomic E-state index is -0.893. The van der Waals surface area contributed by atoms with Crippen LogP contribution in [0.1, 0.15) is 10.6 Å². The molecule has 0 aromatic carbocycles. The zero-order chi connectivity index (χ0) is 14.8. The van der Waals surface area contributed by atoms with Crippen LogP contribution in [0.25, 0.3) is 5.00 Å². The normalized spacial score (nSPS) is 10.9. The number of thiophene rings is 1. The Hall–Kier alpha value is -1.78. The molecule has 0 saturated carbocycles. The lowest BCUT2D eigenvalue weighted by molar-refractivity contribution is -0.136. The van der Waals surface area contributed by atoms with Crippen molar-refractivity contribution in [1.29, 1.82) is 0 Å². The third-order valence-corrected chi connectivity index (χ3v) is 5.32. The standard InChI is InChI=1S/C11H9N5O2S3/c1-6-2-3-8(20-6)16-10(13-14-15-16)21-11-12-7(5-19-11)4-9(17)18/h2-3,5H,4H2,1H3,(H,17,18). The Morgan fingerprint density at radius 3 is 3.05 bits per heavy atom. The van der Waals surface area contributed by atoms with Crippen LogP contribution in [0.2, 0.25) is 0 Å². The van der Waals surface area contributed by atoms with Crippen LogP contribution in [0, 0.1) is 6.92 Å². The van der Waals surface area contributed by atoms with Gasteiger partial charge in [-0.1, -0.05) is 0 Å². The van der Waals surface area contributed by atoms with Crippen LogP contribution in [0.3, 0.4) is 0 Å². The van der Waals surface area contributed by atoms with Crippen LogP contribution < -0.4 is 0 Å². The van der Waals surface area contributed by atoms with Gasteiger partial charge in [0, 0.05) is 10.3 Å². The number of carboxylic acids is 1. The maximum Gasteiger partial charge on any atom is 0.309 e. The summed E-state index contributed by atoms with van der Waals surface area (Å²) in [6.45, 7) is 2.02. The van der Waals surface area contributed by atoms with E-state index in [0.29, 0.717) is 10.9 Å². The fourth-order valence-electron chi connectivity index (χ4n) is 1.57. The summed E-state index contributed by atoms with van der Waals surface area (Å²) >= 11 is 4.30. The van der Waals surface area contributed by atoms with Crippen molar-refractivity contribution in [2.45, 2.75) is 22.8 Å². The van der Waals surface area contributed by atoms with Gasteiger partial charge in [-0.2, -0.15) is 4.68 Å². The average molecular weight is 339 g/mol. The van der Waals surface area contributed by atoms with E-state index in [1.807, 2.05) is 19.1 Å². The van der Waals surface area contributed by atoms with Gasteiger partial charge in [0.25, 0.3) is 0 Å². The average Bonchev–Trinajstić information content (AvgIpc) is 3.11. The van der Waals surface area contributed by atoms with Gasteiger partial charge in [0.2, 0.25) is 5.16 Å². The molecule has 108 valence electrons. The number of tetrazole rings is 1. The monoisotopic (exact) mass is 339 g/mol. The zero-order valence-electron chi connectivity index (χ0n) is 10.8. The molecule has 0 aliphatic rings. The first-order valence-electron chi connectivity index (χ1n) is 5.81. The highest BCUT2D eigenvalue weighted by Gasteiger charge is 2.14. The number of hydrogen-bond donors (Lipinski definition) is 1. The van der Waals surface area contributed by atoms with Crippen LogP contribution in [-0.4, -0.2) is 36.3 Å². The van der Waals surface area contributed by atoms with Gasteiger partial charge < -0.3 is 5.11 Å². The lowest BCUT2D eigenvalue weighted by Gasteiger charge is -1.98. The van der Waals surface area contributed by atoms with Crippen molar-refractivity contribution in [3.05, 3.63) is 28.1 Å². The predicted octanol–water partition coefficient (Wildman–Crippen LogP) is 2.27. The lowest BCUT2D eigenvalue weighted by atomic mass is 10.3. The van der Waals surface area contributed by atoms with Gasteiger partial charge >= 0.3 is 5.97 Å². The molecule has 7 nitrogen and oxygen atoms in total. The van der Waals surface area contributed by atoms with Crippen LogP contribution in [-0.2, 0) is 11.2 Å². The number of hydrogen-bond acceptors (Lipinski definition) is 8. The molecule has 0 atom stereocenters. The minimum absolute atomic E-state index is 0.0773. The summed E-state index contributed by atoms with van der Waals surface area (Å²) in [5, 5.41) is 23.7. The third kappa shape index (κ3) is 3.28. The van der Waals surface area contributed by atoms with E-state index in [-0.39, 0.29) is 6.42 Å². The molecule has 0 radical (unpaired) electrons. The highest BCUT2D eigenvalue weighted by atomic mass is 32.2. The van der Waals surface area contributed by atoms with Crippen molar-refractivity contribution in [2.24, 2.45) is 0 Å². The van der Waals surface area contributed by atoms with Crippen molar-refractivity contribution in [1.82, 2.24) is 25.2 Å². The largest absolute Gasteiger partial charge is 0.481 e. The van der Waals surface area contributed by atoms with Crippen LogP contribution in [0.4, 0.5) is 0 Å². The van der Waals surface area contributed by atoms with E-state index >= 15 is 0 Å². The topological polar surface area (TPSA) is 93.8 Å². The van der Waals surface area contributed by atoms with E-state index in [9.17, 15) is 4.79 Å². The summed E-state index contributed by atoms with van der Waals surface area (Å²) in [6.07, 6.45) is -0.0773. The van der Waals surface area contributed by atoms with Crippen molar-refractivity contribution in [3.8, 4) is 5.00 Å². The first-order valence-corrected chi connectivity index (χ1v) is 8.32. The molecule has 0 fully saturated rings. The SMILES string of the molecule is Cc1ccc(-n2nnnc2Sc2nc(CC(=O)O)cs2)s1. The van der Waals surface area contributed by atoms with Crippen LogP contribution >= 0.6 is 34.4 Å². The van der Waals surface area contributed by atoms with E-state index in [2.05, 4.69) is 20.5 Å². The van der Waals surface area contributed by atoms with Gasteiger partial charge in [-0.3, -0.25) is 4.79 Å². The van der Waals surface area contributed by atoms with Gasteiger partial charge in [-0.05, 0) is 41.2 Å². The molecule has 0 amide bonds. The summed E-state index contributed by atoms with van der Waals surface area (Å²) in [5.74, 6) is -0.893. The maximum absolute atomic E-state index is 10.7. The molecule has 3 aromatic rings. The molecule has 0 bridgehead atoms. The Balaban J connectivity index is 1.81. The number of aryl methyl sites for hydroxylation is 1. The fourth-order valence-corrected chi connectivity index (χ4v) is 4.16. The fraction of sp³-hybridized carbons (Fsp3) is 0.182. The van der Waals surface area contributed by atoms with Gasteiger partial charge in [-0.25, -0.2) is 4.98 Å². The third-order valence-electron chi connectivity index (χ3n) is 2.42. The van der Waals surface area contributed by atoms with Crippen molar-refractivity contribution >= 4 is 40.4 Å². The summed E-state index contributed by atoms with van der Waals surface area (Å²) in [5.41, 5.74) is 0.543. The molecule has 0 aliphatic heterocycles. The van der Waals surface area contributed by atoms with Gasteiger partial charge in [0.15, 0.2) is 4.34 Å². The molecule has 0 spiro atoms. The summed E-state index contributed by atoms with van der Waals surface area (Å²) in [4.78, 5) is 16.1. The van der Waals surface area contributed by atoms with Crippen molar-refractivity contribution < 1.29 is 9.90 Å². The quantitative estimate of drug-likeness (QED) is 0.762. The maximum atomic E-state index is 10.7. The molecule has 10 heteroatoms. The van der Waals surface area contributed by atoms with E-state index in [0.717, 1.165) is 9.34 Å². The Morgan fingerprint density at radius 2 is 2.33 bits per heavy atom. The van der Waals surface area contributed by atoms with E-state index in [4.69, 9.17) is 5.11 Å². The van der Waals surface area contributed by atoms with Gasteiger partial charge in [-0.15, -0.1) is 27.8 Å². The molecule has 0 saturated heterocycles.